The molecule has 0 nitrogen and oxygen atoms in total. The SMILES string of the molecule is C1=CC2C=CC1C2.F[B-](F)(F)F.[Rh].c1ccc(C[C@@H]2CCC[P@]2CC[P@]2CCC[C@H]2Cc2ccccc2)cc1. The topological polar surface area (TPSA) is 0 Å². The van der Waals surface area contributed by atoms with Gasteiger partial charge in [0.05, 0.1) is 0 Å². The van der Waals surface area contributed by atoms with Crippen LogP contribution in [0.5, 0.6) is 0 Å². The minimum atomic E-state index is -6.00. The largest absolute Gasteiger partial charge is 0.673 e. The van der Waals surface area contributed by atoms with Crippen LogP contribution in [0.1, 0.15) is 43.2 Å². The van der Waals surface area contributed by atoms with Crippen LogP contribution in [0, 0.1) is 11.8 Å². The van der Waals surface area contributed by atoms with Gasteiger partial charge in [-0.25, -0.2) is 0 Å². The zero-order valence-corrected chi connectivity index (χ0v) is 25.9. The Morgan fingerprint density at radius 2 is 0.974 bits per heavy atom. The molecule has 39 heavy (non-hydrogen) atoms. The molecule has 2 aliphatic carbocycles. The van der Waals surface area contributed by atoms with E-state index in [1.165, 1.54) is 44.9 Å². The van der Waals surface area contributed by atoms with Gasteiger partial charge >= 0.3 is 7.25 Å². The standard InChI is InChI=1S/C24H32P2.C7H8.BF4.Rh/c1-3-9-21(10-4-1)19-23-13-7-15-25(23)17-18-26-16-8-14-24(26)20-22-11-5-2-6-12-22;1-2-7-4-3-6(1)5-7;2-1(3,4)5;/h1-6,9-12,23-24H,7-8,13-20H2;1-4,6-7H,5H2;;/q;;-1;/t23-,24-,25-,26+;;;/m0.../s1. The van der Waals surface area contributed by atoms with Crippen molar-refractivity contribution in [3.63, 3.8) is 0 Å². The van der Waals surface area contributed by atoms with Gasteiger partial charge in [0.1, 0.15) is 0 Å². The van der Waals surface area contributed by atoms with Crippen molar-refractivity contribution >= 4 is 23.1 Å². The molecule has 2 bridgehead atoms. The van der Waals surface area contributed by atoms with Crippen molar-refractivity contribution in [2.45, 2.75) is 56.3 Å². The van der Waals surface area contributed by atoms with Gasteiger partial charge in [0.25, 0.3) is 0 Å². The van der Waals surface area contributed by atoms with Gasteiger partial charge in [-0.15, -0.1) is 15.8 Å². The van der Waals surface area contributed by atoms with Gasteiger partial charge in [-0.05, 0) is 104 Å². The minimum absolute atomic E-state index is 0. The van der Waals surface area contributed by atoms with Gasteiger partial charge in [0.15, 0.2) is 0 Å². The molecule has 4 atom stereocenters. The second-order valence-electron chi connectivity index (χ2n) is 10.9. The monoisotopic (exact) mass is 664 g/mol. The molecule has 2 aromatic carbocycles. The molecule has 2 fully saturated rings. The number of rotatable bonds is 7. The van der Waals surface area contributed by atoms with Gasteiger partial charge in [-0.3, -0.25) is 0 Å². The van der Waals surface area contributed by atoms with Crippen molar-refractivity contribution in [1.29, 1.82) is 0 Å². The molecule has 6 rings (SSSR count). The first kappa shape index (κ1) is 32.7. The zero-order chi connectivity index (χ0) is 26.8. The number of benzene rings is 2. The maximum Gasteiger partial charge on any atom is 0.673 e. The van der Waals surface area contributed by atoms with Crippen LogP contribution in [0.15, 0.2) is 85.0 Å². The van der Waals surface area contributed by atoms with Gasteiger partial charge in [-0.2, -0.15) is 0 Å². The number of allylic oxidation sites excluding steroid dienone is 4. The molecule has 2 heterocycles. The molecule has 0 aromatic heterocycles. The van der Waals surface area contributed by atoms with Crippen molar-refractivity contribution < 1.29 is 36.7 Å². The summed E-state index contributed by atoms with van der Waals surface area (Å²) in [5.74, 6) is 1.62. The average molecular weight is 664 g/mol. The summed E-state index contributed by atoms with van der Waals surface area (Å²) in [4.78, 5) is 0. The summed E-state index contributed by atoms with van der Waals surface area (Å²) < 4.78 is 39.0. The zero-order valence-electron chi connectivity index (χ0n) is 22.5. The molecule has 8 heteroatoms. The van der Waals surface area contributed by atoms with Crippen molar-refractivity contribution in [1.82, 2.24) is 0 Å². The maximum absolute atomic E-state index is 9.75. The third kappa shape index (κ3) is 11.9. The quantitative estimate of drug-likeness (QED) is 0.120. The Kier molecular flexibility index (Phi) is 13.9. The van der Waals surface area contributed by atoms with Crippen LogP contribution in [0.2, 0.25) is 0 Å². The third-order valence-electron chi connectivity index (χ3n) is 8.06. The first-order valence-corrected chi connectivity index (χ1v) is 17.7. The molecule has 0 spiro atoms. The van der Waals surface area contributed by atoms with Crippen LogP contribution in [-0.2, 0) is 32.3 Å². The summed E-state index contributed by atoms with van der Waals surface area (Å²) in [6, 6.07) is 22.5. The van der Waals surface area contributed by atoms with Gasteiger partial charge in [-0.1, -0.05) is 85.0 Å². The first-order valence-electron chi connectivity index (χ1n) is 14.1. The van der Waals surface area contributed by atoms with Crippen LogP contribution in [-0.4, -0.2) is 43.2 Å². The smallest absolute Gasteiger partial charge is 0.418 e. The Bertz CT molecular complexity index is 925. The number of fused-ring (bicyclic) bond motifs is 2. The minimum Gasteiger partial charge on any atom is -0.418 e. The van der Waals surface area contributed by atoms with Gasteiger partial charge < -0.3 is 17.3 Å². The molecule has 4 aliphatic rings. The number of hydrogen-bond acceptors (Lipinski definition) is 0. The average Bonchev–Trinajstić information content (AvgIpc) is 3.71. The van der Waals surface area contributed by atoms with Crippen molar-refractivity contribution in [3.8, 4) is 0 Å². The molecule has 0 amide bonds. The van der Waals surface area contributed by atoms with Crippen LogP contribution in [0.4, 0.5) is 17.3 Å². The van der Waals surface area contributed by atoms with Crippen LogP contribution in [0.25, 0.3) is 0 Å². The van der Waals surface area contributed by atoms with Crippen molar-refractivity contribution in [3.05, 3.63) is 96.1 Å². The second kappa shape index (κ2) is 16.6. The number of halogens is 4. The Morgan fingerprint density at radius 3 is 1.28 bits per heavy atom. The fraction of sp³-hybridized carbons (Fsp3) is 0.484. The van der Waals surface area contributed by atoms with Crippen LogP contribution < -0.4 is 0 Å². The molecule has 1 radical (unpaired) electrons. The number of hydrogen-bond donors (Lipinski definition) is 0. The second-order valence-corrected chi connectivity index (χ2v) is 16.5. The predicted octanol–water partition coefficient (Wildman–Crippen LogP) is 9.81. The summed E-state index contributed by atoms with van der Waals surface area (Å²) in [5.41, 5.74) is 5.16. The molecular weight excluding hydrogens is 624 g/mol. The fourth-order valence-corrected chi connectivity index (χ4v) is 13.4. The maximum atomic E-state index is 9.75. The van der Waals surface area contributed by atoms with E-state index in [9.17, 15) is 17.3 Å². The summed E-state index contributed by atoms with van der Waals surface area (Å²) in [6.45, 7) is 0. The molecule has 2 saturated heterocycles. The molecule has 2 aromatic rings. The van der Waals surface area contributed by atoms with Crippen LogP contribution in [0.3, 0.4) is 0 Å². The Balaban J connectivity index is 0.000000266. The van der Waals surface area contributed by atoms with E-state index in [0.717, 1.165) is 23.2 Å². The molecule has 0 unspecified atom stereocenters. The summed E-state index contributed by atoms with van der Waals surface area (Å²) in [5, 5.41) is 0. The predicted molar refractivity (Wildman–Crippen MR) is 160 cm³/mol. The normalized spacial score (nSPS) is 28.3. The van der Waals surface area contributed by atoms with Gasteiger partial charge in [0, 0.05) is 19.5 Å². The van der Waals surface area contributed by atoms with Crippen molar-refractivity contribution in [2.24, 2.45) is 11.8 Å². The summed E-state index contributed by atoms with van der Waals surface area (Å²) in [6.07, 6.45) is 25.5. The van der Waals surface area contributed by atoms with E-state index < -0.39 is 7.25 Å². The molecule has 2 aliphatic heterocycles. The molecule has 0 saturated carbocycles. The van der Waals surface area contributed by atoms with E-state index in [1.54, 1.807) is 35.8 Å². The van der Waals surface area contributed by atoms with E-state index in [-0.39, 0.29) is 35.3 Å². The Morgan fingerprint density at radius 1 is 0.615 bits per heavy atom. The Labute approximate surface area is 247 Å². The van der Waals surface area contributed by atoms with E-state index >= 15 is 0 Å². The van der Waals surface area contributed by atoms with Crippen molar-refractivity contribution in [2.75, 3.05) is 24.6 Å². The molecule has 215 valence electrons. The first-order chi connectivity index (χ1) is 18.3. The summed E-state index contributed by atoms with van der Waals surface area (Å²) >= 11 is 0. The fourth-order valence-electron chi connectivity index (χ4n) is 6.20. The summed E-state index contributed by atoms with van der Waals surface area (Å²) in [7, 11) is -5.42. The molecule has 0 N–H and O–H groups in total. The van der Waals surface area contributed by atoms with Gasteiger partial charge in [0.2, 0.25) is 0 Å². The molecular formula is C31H40BF4P2Rh-. The van der Waals surface area contributed by atoms with E-state index in [4.69, 9.17) is 0 Å². The Hall–Kier alpha value is -0.812. The van der Waals surface area contributed by atoms with E-state index in [1.807, 2.05) is 0 Å². The third-order valence-corrected chi connectivity index (χ3v) is 14.7. The van der Waals surface area contributed by atoms with E-state index in [0.29, 0.717) is 0 Å². The van der Waals surface area contributed by atoms with E-state index in [2.05, 4.69) is 85.0 Å². The van der Waals surface area contributed by atoms with Crippen LogP contribution >= 0.6 is 15.8 Å².